The zero-order chi connectivity index (χ0) is 14.1. The normalized spacial score (nSPS) is 20.6. The first-order valence-corrected chi connectivity index (χ1v) is 7.48. The molecular weight excluding hydrogens is 272 g/mol. The van der Waals surface area contributed by atoms with Crippen molar-refractivity contribution < 1.29 is 24.2 Å². The molecule has 0 aromatic rings. The van der Waals surface area contributed by atoms with Gasteiger partial charge in [-0.2, -0.15) is 11.8 Å². The summed E-state index contributed by atoms with van der Waals surface area (Å²) in [5.74, 6) is -0.349. The van der Waals surface area contributed by atoms with E-state index in [4.69, 9.17) is 14.6 Å². The first-order valence-electron chi connectivity index (χ1n) is 6.09. The second kappa shape index (κ2) is 9.00. The molecule has 7 nitrogen and oxygen atoms in total. The molecule has 0 radical (unpaired) electrons. The van der Waals surface area contributed by atoms with Crippen molar-refractivity contribution in [1.82, 2.24) is 10.6 Å². The van der Waals surface area contributed by atoms with Crippen molar-refractivity contribution in [3.8, 4) is 0 Å². The minimum Gasteiger partial charge on any atom is -0.480 e. The van der Waals surface area contributed by atoms with Gasteiger partial charge in [-0.1, -0.05) is 0 Å². The molecule has 3 N–H and O–H groups in total. The Morgan fingerprint density at radius 3 is 2.84 bits per heavy atom. The SMILES string of the molecule is CSCC[C@@H](NC(=O)NCC1COCCO1)C(=O)O. The smallest absolute Gasteiger partial charge is 0.326 e. The number of hydrogen-bond donors (Lipinski definition) is 3. The van der Waals surface area contributed by atoms with Crippen LogP contribution in [0, 0.1) is 0 Å². The van der Waals surface area contributed by atoms with Gasteiger partial charge in [-0.25, -0.2) is 9.59 Å². The number of hydrogen-bond acceptors (Lipinski definition) is 5. The Hall–Kier alpha value is -0.990. The summed E-state index contributed by atoms with van der Waals surface area (Å²) >= 11 is 1.54. The Morgan fingerprint density at radius 2 is 2.26 bits per heavy atom. The van der Waals surface area contributed by atoms with Crippen molar-refractivity contribution >= 4 is 23.8 Å². The van der Waals surface area contributed by atoms with Crippen LogP contribution in [0.2, 0.25) is 0 Å². The zero-order valence-electron chi connectivity index (χ0n) is 10.9. The maximum Gasteiger partial charge on any atom is 0.326 e. The highest BCUT2D eigenvalue weighted by atomic mass is 32.2. The van der Waals surface area contributed by atoms with Crippen LogP contribution in [0.15, 0.2) is 0 Å². The van der Waals surface area contributed by atoms with E-state index in [1.54, 1.807) is 0 Å². The van der Waals surface area contributed by atoms with Crippen LogP contribution in [0.4, 0.5) is 4.79 Å². The number of thioether (sulfide) groups is 1. The van der Waals surface area contributed by atoms with Gasteiger partial charge in [0.15, 0.2) is 0 Å². The molecule has 2 amide bonds. The number of ether oxygens (including phenoxy) is 2. The van der Waals surface area contributed by atoms with Gasteiger partial charge in [0.2, 0.25) is 0 Å². The number of carbonyl (C=O) groups is 2. The summed E-state index contributed by atoms with van der Waals surface area (Å²) in [6, 6.07) is -1.36. The molecule has 0 aromatic carbocycles. The average molecular weight is 292 g/mol. The molecular formula is C11H20N2O5S. The van der Waals surface area contributed by atoms with E-state index < -0.39 is 18.0 Å². The second-order valence-electron chi connectivity index (χ2n) is 4.09. The highest BCUT2D eigenvalue weighted by molar-refractivity contribution is 7.98. The lowest BCUT2D eigenvalue weighted by atomic mass is 10.2. The lowest BCUT2D eigenvalue weighted by Gasteiger charge is -2.23. The first kappa shape index (κ1) is 16.1. The fraction of sp³-hybridized carbons (Fsp3) is 0.818. The minimum atomic E-state index is -1.03. The summed E-state index contributed by atoms with van der Waals surface area (Å²) in [4.78, 5) is 22.5. The Balaban J connectivity index is 2.25. The van der Waals surface area contributed by atoms with Gasteiger partial charge in [0.05, 0.1) is 25.9 Å². The van der Waals surface area contributed by atoms with Gasteiger partial charge in [-0.3, -0.25) is 0 Å². The van der Waals surface area contributed by atoms with E-state index in [1.165, 1.54) is 11.8 Å². The zero-order valence-corrected chi connectivity index (χ0v) is 11.7. The van der Waals surface area contributed by atoms with Crippen LogP contribution in [-0.2, 0) is 14.3 Å². The number of urea groups is 1. The number of carboxylic acids is 1. The van der Waals surface area contributed by atoms with Crippen LogP contribution in [0.5, 0.6) is 0 Å². The largest absolute Gasteiger partial charge is 0.480 e. The van der Waals surface area contributed by atoms with Gasteiger partial charge < -0.3 is 25.2 Å². The third-order valence-electron chi connectivity index (χ3n) is 2.59. The average Bonchev–Trinajstić information content (AvgIpc) is 2.42. The van der Waals surface area contributed by atoms with E-state index in [-0.39, 0.29) is 6.10 Å². The Kier molecular flexibility index (Phi) is 7.61. The van der Waals surface area contributed by atoms with Gasteiger partial charge in [0.1, 0.15) is 6.04 Å². The van der Waals surface area contributed by atoms with E-state index in [0.717, 1.165) is 0 Å². The molecule has 1 aliphatic heterocycles. The molecule has 1 rings (SSSR count). The van der Waals surface area contributed by atoms with Crippen molar-refractivity contribution in [3.05, 3.63) is 0 Å². The van der Waals surface area contributed by atoms with Gasteiger partial charge in [0.25, 0.3) is 0 Å². The molecule has 1 heterocycles. The molecule has 19 heavy (non-hydrogen) atoms. The van der Waals surface area contributed by atoms with Crippen LogP contribution in [-0.4, -0.2) is 67.6 Å². The van der Waals surface area contributed by atoms with Gasteiger partial charge in [-0.05, 0) is 18.4 Å². The predicted molar refractivity (Wildman–Crippen MR) is 71.5 cm³/mol. The maximum absolute atomic E-state index is 11.6. The standard InChI is InChI=1S/C11H20N2O5S/c1-19-5-2-9(10(14)15)13-11(16)12-6-8-7-17-3-4-18-8/h8-9H,2-7H2,1H3,(H,14,15)(H2,12,13,16)/t8?,9-/m1/s1. The van der Waals surface area contributed by atoms with E-state index in [9.17, 15) is 9.59 Å². The van der Waals surface area contributed by atoms with Crippen molar-refractivity contribution in [3.63, 3.8) is 0 Å². The fourth-order valence-electron chi connectivity index (χ4n) is 1.56. The van der Waals surface area contributed by atoms with Crippen molar-refractivity contribution in [1.29, 1.82) is 0 Å². The van der Waals surface area contributed by atoms with Crippen molar-refractivity contribution in [2.75, 3.05) is 38.4 Å². The van der Waals surface area contributed by atoms with Crippen LogP contribution in [0.1, 0.15) is 6.42 Å². The molecule has 0 aliphatic carbocycles. The summed E-state index contributed by atoms with van der Waals surface area (Å²) in [5.41, 5.74) is 0. The van der Waals surface area contributed by atoms with E-state index >= 15 is 0 Å². The highest BCUT2D eigenvalue weighted by Crippen LogP contribution is 2.01. The Bertz CT molecular complexity index is 297. The van der Waals surface area contributed by atoms with E-state index in [1.807, 2.05) is 6.26 Å². The summed E-state index contributed by atoms with van der Waals surface area (Å²) in [6.07, 6.45) is 2.11. The van der Waals surface area contributed by atoms with Crippen LogP contribution in [0.3, 0.4) is 0 Å². The van der Waals surface area contributed by atoms with Gasteiger partial charge in [0, 0.05) is 6.54 Å². The van der Waals surface area contributed by atoms with E-state index in [2.05, 4.69) is 10.6 Å². The summed E-state index contributed by atoms with van der Waals surface area (Å²) < 4.78 is 10.6. The number of aliphatic carboxylic acids is 1. The molecule has 1 fully saturated rings. The number of carboxylic acid groups (broad SMARTS) is 1. The molecule has 1 unspecified atom stereocenters. The van der Waals surface area contributed by atoms with Crippen molar-refractivity contribution in [2.24, 2.45) is 0 Å². The second-order valence-corrected chi connectivity index (χ2v) is 5.08. The number of amides is 2. The quantitative estimate of drug-likeness (QED) is 0.607. The molecule has 1 saturated heterocycles. The molecule has 0 saturated carbocycles. The first-order chi connectivity index (χ1) is 9.13. The maximum atomic E-state index is 11.6. The highest BCUT2D eigenvalue weighted by Gasteiger charge is 2.20. The number of nitrogens with one attached hydrogen (secondary N) is 2. The summed E-state index contributed by atoms with van der Waals surface area (Å²) in [6.45, 7) is 1.83. The Morgan fingerprint density at radius 1 is 1.47 bits per heavy atom. The molecule has 110 valence electrons. The molecule has 0 aromatic heterocycles. The number of rotatable bonds is 7. The lowest BCUT2D eigenvalue weighted by molar-refractivity contribution is -0.139. The van der Waals surface area contributed by atoms with E-state index in [0.29, 0.717) is 38.5 Å². The third-order valence-corrected chi connectivity index (χ3v) is 3.23. The molecule has 1 aliphatic rings. The monoisotopic (exact) mass is 292 g/mol. The van der Waals surface area contributed by atoms with Crippen LogP contribution in [0.25, 0.3) is 0 Å². The molecule has 0 spiro atoms. The number of carbonyl (C=O) groups excluding carboxylic acids is 1. The molecule has 0 bridgehead atoms. The van der Waals surface area contributed by atoms with Crippen LogP contribution >= 0.6 is 11.8 Å². The van der Waals surface area contributed by atoms with Crippen molar-refractivity contribution in [2.45, 2.75) is 18.6 Å². The third kappa shape index (κ3) is 6.65. The van der Waals surface area contributed by atoms with Crippen LogP contribution < -0.4 is 10.6 Å². The fourth-order valence-corrected chi connectivity index (χ4v) is 2.03. The van der Waals surface area contributed by atoms with Gasteiger partial charge >= 0.3 is 12.0 Å². The topological polar surface area (TPSA) is 96.9 Å². The van der Waals surface area contributed by atoms with Gasteiger partial charge in [-0.15, -0.1) is 0 Å². The summed E-state index contributed by atoms with van der Waals surface area (Å²) in [7, 11) is 0. The summed E-state index contributed by atoms with van der Waals surface area (Å²) in [5, 5.41) is 14.0. The predicted octanol–water partition coefficient (Wildman–Crippen LogP) is -0.0927. The minimum absolute atomic E-state index is 0.172. The molecule has 2 atom stereocenters. The molecule has 8 heteroatoms. The Labute approximate surface area is 116 Å². The lowest BCUT2D eigenvalue weighted by Crippen LogP contribution is -2.49.